The molecule has 3 nitrogen and oxygen atoms in total. The number of hydrogen-bond donors (Lipinski definition) is 2. The monoisotopic (exact) mass is 260 g/mol. The van der Waals surface area contributed by atoms with Gasteiger partial charge in [0, 0.05) is 10.2 Å². The third-order valence-electron chi connectivity index (χ3n) is 4.65. The molecule has 0 radical (unpaired) electrons. The Morgan fingerprint density at radius 1 is 1.57 bits per heavy atom. The average Bonchev–Trinajstić information content (AvgIpc) is 2.49. The molecule has 0 spiro atoms. The van der Waals surface area contributed by atoms with E-state index in [2.05, 4.69) is 34.9 Å². The van der Waals surface area contributed by atoms with Crippen molar-refractivity contribution in [2.24, 2.45) is 27.6 Å². The Morgan fingerprint density at radius 2 is 2.21 bits per heavy atom. The molecular weight excluding hydrogens is 244 g/mol. The van der Waals surface area contributed by atoms with Crippen LogP contribution in [0.2, 0.25) is 0 Å². The lowest BCUT2D eigenvalue weighted by molar-refractivity contribution is 0.200. The summed E-state index contributed by atoms with van der Waals surface area (Å²) < 4.78 is 0. The molecule has 0 aromatic heterocycles. The van der Waals surface area contributed by atoms with Gasteiger partial charge in [-0.2, -0.15) is 0 Å². The van der Waals surface area contributed by atoms with E-state index in [9.17, 15) is 0 Å². The van der Waals surface area contributed by atoms with E-state index in [1.165, 1.54) is 6.42 Å². The summed E-state index contributed by atoms with van der Waals surface area (Å²) in [5.41, 5.74) is 5.90. The normalized spacial score (nSPS) is 45.8. The van der Waals surface area contributed by atoms with Crippen molar-refractivity contribution in [3.63, 3.8) is 0 Å². The second-order valence-corrected chi connectivity index (χ2v) is 6.22. The third-order valence-corrected chi connectivity index (χ3v) is 5.80. The smallest absolute Gasteiger partial charge is 0.147 e. The lowest BCUT2D eigenvalue weighted by Gasteiger charge is -2.39. The molecule has 0 aromatic carbocycles. The van der Waals surface area contributed by atoms with Gasteiger partial charge in [0.1, 0.15) is 5.84 Å². The van der Waals surface area contributed by atoms with Crippen LogP contribution in [-0.2, 0) is 0 Å². The molecule has 2 aliphatic rings. The summed E-state index contributed by atoms with van der Waals surface area (Å²) in [5.74, 6) is 1.11. The zero-order chi connectivity index (χ0) is 10.6. The maximum atomic E-state index is 8.90. The summed E-state index contributed by atoms with van der Waals surface area (Å²) in [7, 11) is 0. The number of rotatable bonds is 1. The molecule has 80 valence electrons. The molecule has 2 bridgehead atoms. The van der Waals surface area contributed by atoms with E-state index in [0.717, 1.165) is 12.8 Å². The predicted octanol–water partition coefficient (Wildman–Crippen LogP) is 2.32. The lowest BCUT2D eigenvalue weighted by atomic mass is 9.68. The van der Waals surface area contributed by atoms with Gasteiger partial charge >= 0.3 is 0 Å². The molecule has 2 unspecified atom stereocenters. The van der Waals surface area contributed by atoms with Crippen LogP contribution < -0.4 is 5.73 Å². The van der Waals surface area contributed by atoms with Gasteiger partial charge in [0.2, 0.25) is 0 Å². The Balaban J connectivity index is 2.50. The van der Waals surface area contributed by atoms with Crippen LogP contribution in [0.15, 0.2) is 5.16 Å². The topological polar surface area (TPSA) is 58.6 Å². The standard InChI is InChI=1S/C10H17BrN2O/c1-9(2)6-3-4-10(9,7(11)5-6)8(12)13-14/h6-7,14H,3-5H2,1-2H3,(H2,12,13)/t6?,7-,10?/m0/s1. The number of nitrogens with two attached hydrogens (primary N) is 1. The maximum absolute atomic E-state index is 8.90. The van der Waals surface area contributed by atoms with Gasteiger partial charge in [-0.1, -0.05) is 34.9 Å². The number of nitrogens with zero attached hydrogens (tertiary/aromatic N) is 1. The maximum Gasteiger partial charge on any atom is 0.147 e. The van der Waals surface area contributed by atoms with Crippen molar-refractivity contribution in [1.29, 1.82) is 0 Å². The Labute approximate surface area is 92.9 Å². The van der Waals surface area contributed by atoms with Gasteiger partial charge in [-0.25, -0.2) is 0 Å². The molecule has 14 heavy (non-hydrogen) atoms. The first kappa shape index (κ1) is 10.3. The molecule has 2 rings (SSSR count). The molecule has 4 heteroatoms. The van der Waals surface area contributed by atoms with Gasteiger partial charge in [-0.15, -0.1) is 0 Å². The number of oxime groups is 1. The van der Waals surface area contributed by atoms with E-state index in [4.69, 9.17) is 10.9 Å². The first-order valence-corrected chi connectivity index (χ1v) is 6.00. The summed E-state index contributed by atoms with van der Waals surface area (Å²) in [6.45, 7) is 4.48. The second kappa shape index (κ2) is 2.87. The van der Waals surface area contributed by atoms with E-state index in [1.54, 1.807) is 0 Å². The largest absolute Gasteiger partial charge is 0.409 e. The Hall–Kier alpha value is -0.250. The number of hydrogen-bond acceptors (Lipinski definition) is 2. The van der Waals surface area contributed by atoms with Crippen molar-refractivity contribution < 1.29 is 5.21 Å². The van der Waals surface area contributed by atoms with Crippen LogP contribution >= 0.6 is 15.9 Å². The zero-order valence-electron chi connectivity index (χ0n) is 8.63. The Kier molecular flexibility index (Phi) is 2.11. The van der Waals surface area contributed by atoms with Crippen LogP contribution in [0.1, 0.15) is 33.1 Å². The molecule has 3 atom stereocenters. The highest BCUT2D eigenvalue weighted by Crippen LogP contribution is 2.67. The Bertz CT molecular complexity index is 290. The molecule has 2 aliphatic carbocycles. The molecule has 0 heterocycles. The van der Waals surface area contributed by atoms with E-state index in [-0.39, 0.29) is 10.8 Å². The van der Waals surface area contributed by atoms with Crippen LogP contribution in [0.4, 0.5) is 0 Å². The summed E-state index contributed by atoms with van der Waals surface area (Å²) in [5, 5.41) is 12.2. The minimum atomic E-state index is -0.133. The summed E-state index contributed by atoms with van der Waals surface area (Å²) in [6.07, 6.45) is 3.38. The molecule has 0 amide bonds. The van der Waals surface area contributed by atoms with Gasteiger partial charge in [-0.05, 0) is 30.6 Å². The first-order chi connectivity index (χ1) is 6.46. The molecule has 0 aromatic rings. The highest BCUT2D eigenvalue weighted by atomic mass is 79.9. The van der Waals surface area contributed by atoms with E-state index in [1.807, 2.05) is 0 Å². The highest BCUT2D eigenvalue weighted by Gasteiger charge is 2.65. The molecule has 2 saturated carbocycles. The van der Waals surface area contributed by atoms with E-state index >= 15 is 0 Å². The summed E-state index contributed by atoms with van der Waals surface area (Å²) in [6, 6.07) is 0. The fraction of sp³-hybridized carbons (Fsp3) is 0.900. The molecule has 0 saturated heterocycles. The summed E-state index contributed by atoms with van der Waals surface area (Å²) >= 11 is 3.70. The van der Waals surface area contributed by atoms with Gasteiger partial charge in [0.25, 0.3) is 0 Å². The summed E-state index contributed by atoms with van der Waals surface area (Å²) in [4.78, 5) is 0.361. The van der Waals surface area contributed by atoms with Crippen LogP contribution in [0, 0.1) is 16.7 Å². The predicted molar refractivity (Wildman–Crippen MR) is 59.7 cm³/mol. The van der Waals surface area contributed by atoms with Gasteiger partial charge in [0.15, 0.2) is 0 Å². The van der Waals surface area contributed by atoms with Crippen molar-refractivity contribution in [1.82, 2.24) is 0 Å². The zero-order valence-corrected chi connectivity index (χ0v) is 10.2. The Morgan fingerprint density at radius 3 is 2.57 bits per heavy atom. The fourth-order valence-corrected chi connectivity index (χ4v) is 5.09. The molecular formula is C10H17BrN2O. The van der Waals surface area contributed by atoms with E-state index in [0.29, 0.717) is 16.6 Å². The number of amidine groups is 1. The highest BCUT2D eigenvalue weighted by molar-refractivity contribution is 9.09. The molecule has 2 fully saturated rings. The number of alkyl halides is 1. The lowest BCUT2D eigenvalue weighted by Crippen LogP contribution is -2.47. The minimum Gasteiger partial charge on any atom is -0.409 e. The van der Waals surface area contributed by atoms with Crippen molar-refractivity contribution in [2.45, 2.75) is 37.9 Å². The second-order valence-electron chi connectivity index (χ2n) is 5.12. The fourth-order valence-electron chi connectivity index (χ4n) is 3.58. The van der Waals surface area contributed by atoms with Crippen molar-refractivity contribution >= 4 is 21.8 Å². The minimum absolute atomic E-state index is 0.133. The van der Waals surface area contributed by atoms with Crippen molar-refractivity contribution in [3.05, 3.63) is 0 Å². The van der Waals surface area contributed by atoms with Gasteiger partial charge in [-0.3, -0.25) is 0 Å². The van der Waals surface area contributed by atoms with Gasteiger partial charge in [0.05, 0.1) is 0 Å². The van der Waals surface area contributed by atoms with Gasteiger partial charge < -0.3 is 10.9 Å². The number of halogens is 1. The molecule has 3 N–H and O–H groups in total. The van der Waals surface area contributed by atoms with Crippen LogP contribution in [0.5, 0.6) is 0 Å². The van der Waals surface area contributed by atoms with Crippen LogP contribution in [0.25, 0.3) is 0 Å². The first-order valence-electron chi connectivity index (χ1n) is 5.09. The van der Waals surface area contributed by atoms with E-state index < -0.39 is 0 Å². The SMILES string of the molecule is CC1(C)C2CCC1(/C(N)=N\O)[C@@H](Br)C2. The van der Waals surface area contributed by atoms with Crippen molar-refractivity contribution in [2.75, 3.05) is 0 Å². The molecule has 0 aliphatic heterocycles. The van der Waals surface area contributed by atoms with Crippen LogP contribution in [0.3, 0.4) is 0 Å². The average molecular weight is 261 g/mol. The number of fused-ring (bicyclic) bond motifs is 2. The van der Waals surface area contributed by atoms with Crippen molar-refractivity contribution in [3.8, 4) is 0 Å². The quantitative estimate of drug-likeness (QED) is 0.250. The van der Waals surface area contributed by atoms with Crippen LogP contribution in [-0.4, -0.2) is 15.9 Å². The third kappa shape index (κ3) is 0.904.